The van der Waals surface area contributed by atoms with E-state index in [1.807, 2.05) is 0 Å². The average Bonchev–Trinajstić information content (AvgIpc) is 2.51. The molecule has 0 saturated carbocycles. The van der Waals surface area contributed by atoms with Gasteiger partial charge in [0.2, 0.25) is 0 Å². The van der Waals surface area contributed by atoms with Crippen molar-refractivity contribution in [1.29, 1.82) is 0 Å². The second-order valence-electron chi connectivity index (χ2n) is 4.42. The molecule has 0 spiro atoms. The van der Waals surface area contributed by atoms with E-state index in [-0.39, 0.29) is 13.2 Å². The van der Waals surface area contributed by atoms with Gasteiger partial charge in [-0.2, -0.15) is 0 Å². The number of nitrogens with one attached hydrogen (secondary N) is 1. The Bertz CT molecular complexity index is 369. The normalized spacial score (nSPS) is 13.0. The summed E-state index contributed by atoms with van der Waals surface area (Å²) in [6, 6.07) is -1.62. The minimum Gasteiger partial charge on any atom is -0.462 e. The minimum atomic E-state index is -0.823. The topological polar surface area (TPSA) is 87.5 Å². The van der Waals surface area contributed by atoms with Gasteiger partial charge in [-0.25, -0.2) is 11.4 Å². The Kier molecular flexibility index (Phi) is 12.0. The number of carbonyl (C=O) groups is 2. The average molecular weight is 316 g/mol. The van der Waals surface area contributed by atoms with Crippen LogP contribution in [0.3, 0.4) is 0 Å². The van der Waals surface area contributed by atoms with Crippen LogP contribution in [0.1, 0.15) is 13.8 Å². The Hall–Kier alpha value is -1.69. The maximum atomic E-state index is 11.6. The van der Waals surface area contributed by atoms with E-state index in [0.29, 0.717) is 26.4 Å². The van der Waals surface area contributed by atoms with Gasteiger partial charge in [0.15, 0.2) is 0 Å². The molecule has 0 aliphatic carbocycles. The van der Waals surface area contributed by atoms with Gasteiger partial charge in [-0.15, -0.1) is 0 Å². The van der Waals surface area contributed by atoms with Crippen molar-refractivity contribution in [3.8, 4) is 0 Å². The highest BCUT2D eigenvalue weighted by Gasteiger charge is 2.23. The molecule has 8 nitrogen and oxygen atoms in total. The van der Waals surface area contributed by atoms with Crippen molar-refractivity contribution in [2.24, 2.45) is 0 Å². The van der Waals surface area contributed by atoms with Gasteiger partial charge in [-0.1, -0.05) is 0 Å². The molecule has 126 valence electrons. The number of carbonyl (C=O) groups excluding carboxylic acids is 2. The first-order valence-corrected chi connectivity index (χ1v) is 7.01. The Morgan fingerprint density at radius 3 is 2.14 bits per heavy atom. The van der Waals surface area contributed by atoms with Gasteiger partial charge in [0.05, 0.1) is 33.0 Å². The van der Waals surface area contributed by atoms with Gasteiger partial charge < -0.3 is 29.1 Å². The van der Waals surface area contributed by atoms with E-state index in [2.05, 4.69) is 10.2 Å². The zero-order chi connectivity index (χ0) is 16.8. The molecule has 0 rings (SSSR count). The van der Waals surface area contributed by atoms with Crippen LogP contribution in [0.4, 0.5) is 0 Å². The lowest BCUT2D eigenvalue weighted by atomic mass is 10.3. The van der Waals surface area contributed by atoms with Gasteiger partial charge >= 0.3 is 11.9 Å². The van der Waals surface area contributed by atoms with Crippen LogP contribution in [0.15, 0.2) is 0 Å². The maximum Gasteiger partial charge on any atom is 0.328 e. The van der Waals surface area contributed by atoms with Gasteiger partial charge in [-0.05, 0) is 6.92 Å². The monoisotopic (exact) mass is 316 g/mol. The molecule has 2 atom stereocenters. The fourth-order valence-corrected chi connectivity index (χ4v) is 1.24. The summed E-state index contributed by atoms with van der Waals surface area (Å²) in [4.78, 5) is 26.1. The molecule has 1 amide bonds. The number of hydrogen-bond acceptors (Lipinski definition) is 6. The molecule has 8 heteroatoms. The van der Waals surface area contributed by atoms with E-state index in [4.69, 9.17) is 25.5 Å². The highest BCUT2D eigenvalue weighted by molar-refractivity contribution is 5.88. The predicted octanol–water partition coefficient (Wildman–Crippen LogP) is 0.0217. The van der Waals surface area contributed by atoms with Crippen molar-refractivity contribution < 1.29 is 28.5 Å². The Labute approximate surface area is 130 Å². The van der Waals surface area contributed by atoms with Crippen LogP contribution < -0.4 is 5.32 Å². The highest BCUT2D eigenvalue weighted by Crippen LogP contribution is 1.93. The van der Waals surface area contributed by atoms with Crippen molar-refractivity contribution in [1.82, 2.24) is 5.32 Å². The number of ether oxygens (including phenoxy) is 4. The molecule has 0 fully saturated rings. The summed E-state index contributed by atoms with van der Waals surface area (Å²) in [7, 11) is 1.60. The first-order chi connectivity index (χ1) is 10.5. The second kappa shape index (κ2) is 13.0. The van der Waals surface area contributed by atoms with E-state index in [1.54, 1.807) is 7.11 Å². The molecule has 0 bridgehead atoms. The number of hydrogen-bond donors (Lipinski definition) is 1. The van der Waals surface area contributed by atoms with Crippen molar-refractivity contribution in [2.45, 2.75) is 25.9 Å². The Morgan fingerprint density at radius 2 is 1.59 bits per heavy atom. The summed E-state index contributed by atoms with van der Waals surface area (Å²) < 4.78 is 20.2. The quantitative estimate of drug-likeness (QED) is 0.310. The lowest BCUT2D eigenvalue weighted by Crippen LogP contribution is -2.43. The third-order valence-electron chi connectivity index (χ3n) is 2.56. The van der Waals surface area contributed by atoms with E-state index in [1.165, 1.54) is 13.8 Å². The molecule has 0 radical (unpaired) electrons. The summed E-state index contributed by atoms with van der Waals surface area (Å²) >= 11 is 0. The fraction of sp³-hybridized carbons (Fsp3) is 0.786. The number of esters is 1. The third kappa shape index (κ3) is 10.1. The van der Waals surface area contributed by atoms with Gasteiger partial charge in [-0.3, -0.25) is 4.79 Å². The number of amides is 1. The number of nitrogens with zero attached hydrogens (tertiary/aromatic N) is 1. The molecule has 22 heavy (non-hydrogen) atoms. The molecule has 0 aromatic rings. The van der Waals surface area contributed by atoms with Crippen LogP contribution in [0, 0.1) is 6.57 Å². The van der Waals surface area contributed by atoms with Crippen LogP contribution in [0.5, 0.6) is 0 Å². The van der Waals surface area contributed by atoms with E-state index >= 15 is 0 Å². The van der Waals surface area contributed by atoms with Crippen LogP contribution in [0.2, 0.25) is 0 Å². The Balaban J connectivity index is 3.60. The summed E-state index contributed by atoms with van der Waals surface area (Å²) in [6.07, 6.45) is 0. The fourth-order valence-electron chi connectivity index (χ4n) is 1.24. The van der Waals surface area contributed by atoms with E-state index < -0.39 is 24.0 Å². The number of methoxy groups -OCH3 is 1. The molecule has 0 heterocycles. The molecular formula is C14H24N2O6. The van der Waals surface area contributed by atoms with Gasteiger partial charge in [0.25, 0.3) is 6.04 Å². The van der Waals surface area contributed by atoms with Crippen LogP contribution in [0.25, 0.3) is 4.85 Å². The third-order valence-corrected chi connectivity index (χ3v) is 2.56. The summed E-state index contributed by atoms with van der Waals surface area (Å²) in [5.41, 5.74) is 0. The molecule has 1 N–H and O–H groups in total. The lowest BCUT2D eigenvalue weighted by molar-refractivity contribution is -0.148. The zero-order valence-electron chi connectivity index (χ0n) is 13.3. The van der Waals surface area contributed by atoms with Gasteiger partial charge in [0.1, 0.15) is 12.6 Å². The molecule has 0 aliphatic heterocycles. The van der Waals surface area contributed by atoms with E-state index in [9.17, 15) is 9.59 Å². The second-order valence-corrected chi connectivity index (χ2v) is 4.42. The highest BCUT2D eigenvalue weighted by atomic mass is 16.6. The molecule has 0 saturated heterocycles. The smallest absolute Gasteiger partial charge is 0.328 e. The first-order valence-electron chi connectivity index (χ1n) is 7.01. The predicted molar refractivity (Wildman–Crippen MR) is 78.1 cm³/mol. The molecular weight excluding hydrogens is 292 g/mol. The number of rotatable bonds is 12. The molecule has 0 aliphatic rings. The van der Waals surface area contributed by atoms with Crippen LogP contribution in [-0.4, -0.2) is 70.7 Å². The lowest BCUT2D eigenvalue weighted by Gasteiger charge is -2.13. The largest absolute Gasteiger partial charge is 0.462 e. The van der Waals surface area contributed by atoms with Crippen molar-refractivity contribution >= 4 is 11.9 Å². The minimum absolute atomic E-state index is 0.0927. The van der Waals surface area contributed by atoms with Crippen LogP contribution in [-0.2, 0) is 28.5 Å². The van der Waals surface area contributed by atoms with Gasteiger partial charge in [0, 0.05) is 14.0 Å². The van der Waals surface area contributed by atoms with Crippen molar-refractivity contribution in [3.63, 3.8) is 0 Å². The van der Waals surface area contributed by atoms with E-state index in [0.717, 1.165) is 0 Å². The van der Waals surface area contributed by atoms with Crippen LogP contribution >= 0.6 is 0 Å². The SMILES string of the molecule is [C-]#[N+][C@H](C)C(=O)N[C@@H](C)C(=O)OCCOCCOCCOC. The molecule has 0 aromatic carbocycles. The zero-order valence-corrected chi connectivity index (χ0v) is 13.3. The molecule has 0 unspecified atom stereocenters. The maximum absolute atomic E-state index is 11.6. The summed E-state index contributed by atoms with van der Waals surface area (Å²) in [6.45, 7) is 11.9. The summed E-state index contributed by atoms with van der Waals surface area (Å²) in [5, 5.41) is 2.41. The van der Waals surface area contributed by atoms with Crippen molar-refractivity contribution in [2.75, 3.05) is 46.8 Å². The standard InChI is InChI=1S/C14H24N2O6/c1-11(15-3)13(17)16-12(2)14(18)22-10-9-21-8-7-20-6-5-19-4/h11-12H,5-10H2,1-2,4H3,(H,16,17)/t11-,12+/m1/s1. The molecule has 0 aromatic heterocycles. The van der Waals surface area contributed by atoms with Crippen molar-refractivity contribution in [3.05, 3.63) is 11.4 Å². The first kappa shape index (κ1) is 20.3. The Morgan fingerprint density at radius 1 is 1.05 bits per heavy atom. The summed E-state index contributed by atoms with van der Waals surface area (Å²) in [5.74, 6) is -1.06.